The van der Waals surface area contributed by atoms with Crippen molar-refractivity contribution in [3.05, 3.63) is 35.6 Å². The normalized spacial score (nSPS) is 23.2. The summed E-state index contributed by atoms with van der Waals surface area (Å²) in [5, 5.41) is -0.639. The van der Waals surface area contributed by atoms with Gasteiger partial charge in [-0.2, -0.15) is 4.31 Å². The maximum atomic E-state index is 13.8. The summed E-state index contributed by atoms with van der Waals surface area (Å²) in [5.74, 6) is -1.03. The van der Waals surface area contributed by atoms with Crippen molar-refractivity contribution < 1.29 is 22.3 Å². The number of carbonyl (C=O) groups is 1. The highest BCUT2D eigenvalue weighted by molar-refractivity contribution is 7.89. The Hall–Kier alpha value is -1.51. The molecule has 1 amide bonds. The van der Waals surface area contributed by atoms with E-state index in [1.807, 2.05) is 0 Å². The van der Waals surface area contributed by atoms with Crippen LogP contribution in [0.3, 0.4) is 0 Å². The number of hydrogen-bond donors (Lipinski definition) is 0. The highest BCUT2D eigenvalue weighted by Crippen LogP contribution is 2.23. The first kappa shape index (κ1) is 17.3. The standard InChI is InChI=1S/C16H21FN2O4S/c17-15-6-2-1-5-14(15)16(20)18-7-3-4-13(12-18)24(21,22)19-8-10-23-11-9-19/h1-2,5-6,13H,3-4,7-12H2/t13-/m0/s1. The molecule has 1 aromatic rings. The Morgan fingerprint density at radius 2 is 1.88 bits per heavy atom. The summed E-state index contributed by atoms with van der Waals surface area (Å²) in [6, 6.07) is 5.78. The summed E-state index contributed by atoms with van der Waals surface area (Å²) < 4.78 is 46.0. The smallest absolute Gasteiger partial charge is 0.256 e. The lowest BCUT2D eigenvalue weighted by atomic mass is 10.1. The molecule has 0 spiro atoms. The first-order chi connectivity index (χ1) is 11.5. The lowest BCUT2D eigenvalue weighted by Crippen LogP contribution is -2.51. The Labute approximate surface area is 141 Å². The summed E-state index contributed by atoms with van der Waals surface area (Å²) in [6.45, 7) is 2.03. The number of amides is 1. The van der Waals surface area contributed by atoms with Crippen molar-refractivity contribution in [1.82, 2.24) is 9.21 Å². The van der Waals surface area contributed by atoms with Gasteiger partial charge in [0, 0.05) is 26.2 Å². The Bertz CT molecular complexity index is 704. The number of rotatable bonds is 3. The van der Waals surface area contributed by atoms with E-state index >= 15 is 0 Å². The van der Waals surface area contributed by atoms with E-state index in [0.29, 0.717) is 45.7 Å². The predicted molar refractivity (Wildman–Crippen MR) is 86.6 cm³/mol. The monoisotopic (exact) mass is 356 g/mol. The Balaban J connectivity index is 1.74. The van der Waals surface area contributed by atoms with Gasteiger partial charge in [0.25, 0.3) is 5.91 Å². The van der Waals surface area contributed by atoms with E-state index in [1.54, 1.807) is 6.07 Å². The van der Waals surface area contributed by atoms with Crippen LogP contribution in [0.1, 0.15) is 23.2 Å². The summed E-state index contributed by atoms with van der Waals surface area (Å²) in [6.07, 6.45) is 1.11. The zero-order valence-electron chi connectivity index (χ0n) is 13.4. The quantitative estimate of drug-likeness (QED) is 0.813. The first-order valence-corrected chi connectivity index (χ1v) is 9.61. The molecular weight excluding hydrogens is 335 g/mol. The van der Waals surface area contributed by atoms with E-state index in [9.17, 15) is 17.6 Å². The fourth-order valence-corrected chi connectivity index (χ4v) is 5.10. The maximum Gasteiger partial charge on any atom is 0.256 e. The van der Waals surface area contributed by atoms with Crippen molar-refractivity contribution in [2.75, 3.05) is 39.4 Å². The molecule has 2 heterocycles. The molecule has 1 aromatic carbocycles. The van der Waals surface area contributed by atoms with Gasteiger partial charge in [-0.15, -0.1) is 0 Å². The molecule has 0 radical (unpaired) electrons. The molecule has 6 nitrogen and oxygen atoms in total. The Morgan fingerprint density at radius 3 is 2.58 bits per heavy atom. The van der Waals surface area contributed by atoms with Crippen LogP contribution >= 0.6 is 0 Å². The average molecular weight is 356 g/mol. The van der Waals surface area contributed by atoms with Gasteiger partial charge >= 0.3 is 0 Å². The molecule has 0 aromatic heterocycles. The SMILES string of the molecule is O=C(c1ccccc1F)N1CCC[C@H](S(=O)(=O)N2CCOCC2)C1. The van der Waals surface area contributed by atoms with Crippen LogP contribution in [0.2, 0.25) is 0 Å². The van der Waals surface area contributed by atoms with Crippen LogP contribution in [-0.2, 0) is 14.8 Å². The van der Waals surface area contributed by atoms with Crippen LogP contribution in [0.15, 0.2) is 24.3 Å². The third-order valence-electron chi connectivity index (χ3n) is 4.52. The zero-order chi connectivity index (χ0) is 17.2. The van der Waals surface area contributed by atoms with Crippen LogP contribution in [0, 0.1) is 5.82 Å². The van der Waals surface area contributed by atoms with Crippen LogP contribution in [0.4, 0.5) is 4.39 Å². The van der Waals surface area contributed by atoms with Gasteiger partial charge in [0.2, 0.25) is 10.0 Å². The van der Waals surface area contributed by atoms with Gasteiger partial charge in [-0.3, -0.25) is 4.79 Å². The third-order valence-corrected chi connectivity index (χ3v) is 6.83. The molecule has 2 fully saturated rings. The molecule has 0 aliphatic carbocycles. The number of halogens is 1. The molecule has 2 aliphatic rings. The van der Waals surface area contributed by atoms with Crippen molar-refractivity contribution in [3.8, 4) is 0 Å². The molecule has 0 N–H and O–H groups in total. The molecule has 0 bridgehead atoms. The van der Waals surface area contributed by atoms with Gasteiger partial charge < -0.3 is 9.64 Å². The average Bonchev–Trinajstić information content (AvgIpc) is 2.62. The number of nitrogens with zero attached hydrogens (tertiary/aromatic N) is 2. The van der Waals surface area contributed by atoms with Gasteiger partial charge in [0.1, 0.15) is 5.82 Å². The van der Waals surface area contributed by atoms with Crippen molar-refractivity contribution in [3.63, 3.8) is 0 Å². The minimum atomic E-state index is -3.48. The number of morpholine rings is 1. The summed E-state index contributed by atoms with van der Waals surface area (Å²) in [4.78, 5) is 14.0. The van der Waals surface area contributed by atoms with Gasteiger partial charge in [0.15, 0.2) is 0 Å². The largest absolute Gasteiger partial charge is 0.379 e. The molecule has 3 rings (SSSR count). The Kier molecular flexibility index (Phi) is 5.17. The molecule has 1 atom stereocenters. The lowest BCUT2D eigenvalue weighted by Gasteiger charge is -2.36. The summed E-state index contributed by atoms with van der Waals surface area (Å²) in [7, 11) is -3.48. The lowest BCUT2D eigenvalue weighted by molar-refractivity contribution is 0.0683. The summed E-state index contributed by atoms with van der Waals surface area (Å²) in [5.41, 5.74) is -0.0121. The van der Waals surface area contributed by atoms with Gasteiger partial charge in [-0.1, -0.05) is 12.1 Å². The fourth-order valence-electron chi connectivity index (χ4n) is 3.18. The van der Waals surface area contributed by atoms with Crippen LogP contribution < -0.4 is 0 Å². The highest BCUT2D eigenvalue weighted by Gasteiger charge is 2.37. The second kappa shape index (κ2) is 7.16. The fraction of sp³-hybridized carbons (Fsp3) is 0.562. The topological polar surface area (TPSA) is 66.9 Å². The molecular formula is C16H21FN2O4S. The second-order valence-corrected chi connectivity index (χ2v) is 8.26. The molecule has 132 valence electrons. The van der Waals surface area contributed by atoms with Crippen LogP contribution in [-0.4, -0.2) is 68.2 Å². The Morgan fingerprint density at radius 1 is 1.17 bits per heavy atom. The molecule has 2 aliphatic heterocycles. The van der Waals surface area contributed by atoms with Gasteiger partial charge in [-0.25, -0.2) is 12.8 Å². The van der Waals surface area contributed by atoms with E-state index in [0.717, 1.165) is 0 Å². The number of ether oxygens (including phenoxy) is 1. The highest BCUT2D eigenvalue weighted by atomic mass is 32.2. The number of benzene rings is 1. The van der Waals surface area contributed by atoms with E-state index in [-0.39, 0.29) is 12.1 Å². The minimum Gasteiger partial charge on any atom is -0.379 e. The number of sulfonamides is 1. The molecule has 0 unspecified atom stereocenters. The van der Waals surface area contributed by atoms with Crippen molar-refractivity contribution in [2.24, 2.45) is 0 Å². The second-order valence-electron chi connectivity index (χ2n) is 6.05. The minimum absolute atomic E-state index is 0.0121. The van der Waals surface area contributed by atoms with Crippen molar-refractivity contribution >= 4 is 15.9 Å². The van der Waals surface area contributed by atoms with Crippen LogP contribution in [0.25, 0.3) is 0 Å². The number of likely N-dealkylation sites (tertiary alicyclic amines) is 1. The van der Waals surface area contributed by atoms with Gasteiger partial charge in [-0.05, 0) is 25.0 Å². The van der Waals surface area contributed by atoms with E-state index in [4.69, 9.17) is 4.74 Å². The van der Waals surface area contributed by atoms with Crippen molar-refractivity contribution in [2.45, 2.75) is 18.1 Å². The molecule has 2 saturated heterocycles. The number of piperidine rings is 1. The molecule has 24 heavy (non-hydrogen) atoms. The van der Waals surface area contributed by atoms with Gasteiger partial charge in [0.05, 0.1) is 24.0 Å². The predicted octanol–water partition coefficient (Wildman–Crippen LogP) is 1.09. The van der Waals surface area contributed by atoms with E-state index in [1.165, 1.54) is 27.4 Å². The molecule has 8 heteroatoms. The zero-order valence-corrected chi connectivity index (χ0v) is 14.2. The maximum absolute atomic E-state index is 13.8. The first-order valence-electron chi connectivity index (χ1n) is 8.10. The third kappa shape index (κ3) is 3.45. The number of hydrogen-bond acceptors (Lipinski definition) is 4. The number of carbonyl (C=O) groups excluding carboxylic acids is 1. The molecule has 0 saturated carbocycles. The van der Waals surface area contributed by atoms with E-state index < -0.39 is 27.0 Å². The van der Waals surface area contributed by atoms with E-state index in [2.05, 4.69) is 0 Å². The van der Waals surface area contributed by atoms with Crippen molar-refractivity contribution in [1.29, 1.82) is 0 Å². The van der Waals surface area contributed by atoms with Crippen LogP contribution in [0.5, 0.6) is 0 Å². The summed E-state index contributed by atoms with van der Waals surface area (Å²) >= 11 is 0.